The Morgan fingerprint density at radius 2 is 1.68 bits per heavy atom. The first-order valence-corrected chi connectivity index (χ1v) is 11.8. The van der Waals surface area contributed by atoms with Gasteiger partial charge in [0.15, 0.2) is 5.78 Å². The number of methoxy groups -OCH3 is 1. The predicted molar refractivity (Wildman–Crippen MR) is 137 cm³/mol. The van der Waals surface area contributed by atoms with E-state index in [4.69, 9.17) is 10.5 Å². The van der Waals surface area contributed by atoms with Gasteiger partial charge in [-0.05, 0) is 53.0 Å². The van der Waals surface area contributed by atoms with Crippen LogP contribution in [0.1, 0.15) is 98.6 Å². The molecule has 0 aliphatic carbocycles. The minimum absolute atomic E-state index is 0.0482. The first-order valence-electron chi connectivity index (χ1n) is 11.8. The third kappa shape index (κ3) is 6.92. The van der Waals surface area contributed by atoms with Crippen LogP contribution in [0.3, 0.4) is 0 Å². The number of amides is 2. The second-order valence-corrected chi connectivity index (χ2v) is 10.2. The number of hydrogen-bond acceptors (Lipinski definition) is 4. The zero-order chi connectivity index (χ0) is 25.6. The van der Waals surface area contributed by atoms with Crippen LogP contribution in [0.5, 0.6) is 5.75 Å². The highest BCUT2D eigenvalue weighted by Crippen LogP contribution is 2.36. The maximum absolute atomic E-state index is 13.2. The molecule has 0 saturated carbocycles. The summed E-state index contributed by atoms with van der Waals surface area (Å²) < 4.78 is 5.61. The van der Waals surface area contributed by atoms with Crippen LogP contribution in [0, 0.1) is 5.92 Å². The summed E-state index contributed by atoms with van der Waals surface area (Å²) in [5, 5.41) is 3.02. The van der Waals surface area contributed by atoms with Crippen LogP contribution in [0.15, 0.2) is 36.4 Å². The van der Waals surface area contributed by atoms with Crippen molar-refractivity contribution in [3.8, 4) is 5.75 Å². The average molecular weight is 467 g/mol. The smallest absolute Gasteiger partial charge is 0.248 e. The number of primary amides is 1. The van der Waals surface area contributed by atoms with Gasteiger partial charge in [-0.25, -0.2) is 0 Å². The van der Waals surface area contributed by atoms with Gasteiger partial charge in [-0.1, -0.05) is 59.7 Å². The van der Waals surface area contributed by atoms with E-state index in [1.807, 2.05) is 45.9 Å². The predicted octanol–water partition coefficient (Wildman–Crippen LogP) is 5.84. The summed E-state index contributed by atoms with van der Waals surface area (Å²) in [5.74, 6) is 0.213. The standard InChI is InChI=1S/C28H38N2O4/c1-8-24(31)18-9-11-21(25(15-18)34-7)20(13-17(2)3)16-26(32)30-23-14-19(27(29)33)10-12-22(23)28(4,5)6/h9-12,14-15,17,20H,8,13,16H2,1-7H3,(H2,29,33)(H,30,32). The first-order chi connectivity index (χ1) is 15.9. The van der Waals surface area contributed by atoms with Crippen LogP contribution in [-0.4, -0.2) is 24.7 Å². The third-order valence-electron chi connectivity index (χ3n) is 5.89. The SMILES string of the molecule is CCC(=O)c1ccc(C(CC(=O)Nc2cc(C(N)=O)ccc2C(C)(C)C)CC(C)C)c(OC)c1. The Morgan fingerprint density at radius 3 is 2.21 bits per heavy atom. The van der Waals surface area contributed by atoms with Crippen LogP contribution in [-0.2, 0) is 10.2 Å². The van der Waals surface area contributed by atoms with Crippen molar-refractivity contribution in [3.05, 3.63) is 58.7 Å². The Bertz CT molecular complexity index is 1050. The molecule has 6 heteroatoms. The van der Waals surface area contributed by atoms with Gasteiger partial charge in [-0.15, -0.1) is 0 Å². The van der Waals surface area contributed by atoms with Crippen molar-refractivity contribution in [1.29, 1.82) is 0 Å². The molecule has 2 rings (SSSR count). The zero-order valence-electron chi connectivity index (χ0n) is 21.5. The minimum Gasteiger partial charge on any atom is -0.496 e. The van der Waals surface area contributed by atoms with E-state index in [0.717, 1.165) is 17.5 Å². The van der Waals surface area contributed by atoms with Crippen LogP contribution in [0.2, 0.25) is 0 Å². The van der Waals surface area contributed by atoms with Gasteiger partial charge in [0.05, 0.1) is 7.11 Å². The number of carbonyl (C=O) groups excluding carboxylic acids is 3. The number of benzene rings is 2. The Balaban J connectivity index is 2.39. The molecule has 2 amide bonds. The largest absolute Gasteiger partial charge is 0.496 e. The molecule has 0 spiro atoms. The molecule has 1 unspecified atom stereocenters. The molecule has 3 N–H and O–H groups in total. The molecular formula is C28H38N2O4. The lowest BCUT2D eigenvalue weighted by molar-refractivity contribution is -0.116. The molecule has 0 fully saturated rings. The summed E-state index contributed by atoms with van der Waals surface area (Å²) in [4.78, 5) is 37.1. The summed E-state index contributed by atoms with van der Waals surface area (Å²) in [5.41, 5.74) is 8.60. The molecule has 34 heavy (non-hydrogen) atoms. The number of carbonyl (C=O) groups is 3. The summed E-state index contributed by atoms with van der Waals surface area (Å²) in [6.45, 7) is 12.2. The van der Waals surface area contributed by atoms with E-state index in [0.29, 0.717) is 34.9 Å². The van der Waals surface area contributed by atoms with Gasteiger partial charge in [0.25, 0.3) is 0 Å². The van der Waals surface area contributed by atoms with E-state index in [2.05, 4.69) is 19.2 Å². The van der Waals surface area contributed by atoms with Crippen molar-refractivity contribution in [2.45, 2.75) is 72.1 Å². The molecule has 0 radical (unpaired) electrons. The monoisotopic (exact) mass is 466 g/mol. The van der Waals surface area contributed by atoms with E-state index >= 15 is 0 Å². The molecule has 2 aromatic rings. The molecule has 0 saturated heterocycles. The minimum atomic E-state index is -0.542. The number of nitrogens with two attached hydrogens (primary N) is 1. The highest BCUT2D eigenvalue weighted by Gasteiger charge is 2.24. The van der Waals surface area contributed by atoms with Crippen molar-refractivity contribution in [2.75, 3.05) is 12.4 Å². The fraction of sp³-hybridized carbons (Fsp3) is 0.464. The second-order valence-electron chi connectivity index (χ2n) is 10.2. The third-order valence-corrected chi connectivity index (χ3v) is 5.89. The van der Waals surface area contributed by atoms with E-state index in [1.54, 1.807) is 25.3 Å². The lowest BCUT2D eigenvalue weighted by Crippen LogP contribution is -2.22. The average Bonchev–Trinajstić information content (AvgIpc) is 2.76. The number of anilines is 1. The highest BCUT2D eigenvalue weighted by molar-refractivity contribution is 5.98. The van der Waals surface area contributed by atoms with Gasteiger partial charge >= 0.3 is 0 Å². The number of Topliss-reactive ketones (excluding diaryl/α,β-unsaturated/α-hetero) is 1. The van der Waals surface area contributed by atoms with E-state index < -0.39 is 5.91 Å². The van der Waals surface area contributed by atoms with Crippen molar-refractivity contribution in [3.63, 3.8) is 0 Å². The molecule has 0 bridgehead atoms. The molecule has 1 atom stereocenters. The van der Waals surface area contributed by atoms with Gasteiger partial charge < -0.3 is 15.8 Å². The lowest BCUT2D eigenvalue weighted by Gasteiger charge is -2.25. The molecule has 6 nitrogen and oxygen atoms in total. The van der Waals surface area contributed by atoms with E-state index in [1.165, 1.54) is 0 Å². The van der Waals surface area contributed by atoms with E-state index in [9.17, 15) is 14.4 Å². The van der Waals surface area contributed by atoms with Crippen LogP contribution >= 0.6 is 0 Å². The van der Waals surface area contributed by atoms with Gasteiger partial charge in [-0.2, -0.15) is 0 Å². The summed E-state index contributed by atoms with van der Waals surface area (Å²) >= 11 is 0. The van der Waals surface area contributed by atoms with Gasteiger partial charge in [0.2, 0.25) is 11.8 Å². The number of ketones is 1. The maximum Gasteiger partial charge on any atom is 0.248 e. The fourth-order valence-corrected chi connectivity index (χ4v) is 4.20. The molecule has 184 valence electrons. The van der Waals surface area contributed by atoms with Crippen molar-refractivity contribution < 1.29 is 19.1 Å². The highest BCUT2D eigenvalue weighted by atomic mass is 16.5. The van der Waals surface area contributed by atoms with Crippen LogP contribution in [0.4, 0.5) is 5.69 Å². The lowest BCUT2D eigenvalue weighted by atomic mass is 9.84. The quantitative estimate of drug-likeness (QED) is 0.430. The summed E-state index contributed by atoms with van der Waals surface area (Å²) in [6.07, 6.45) is 1.43. The number of rotatable bonds is 10. The Morgan fingerprint density at radius 1 is 1.03 bits per heavy atom. The van der Waals surface area contributed by atoms with E-state index in [-0.39, 0.29) is 29.4 Å². The van der Waals surface area contributed by atoms with Crippen LogP contribution < -0.4 is 15.8 Å². The Kier molecular flexibility index (Phi) is 9.02. The van der Waals surface area contributed by atoms with Crippen molar-refractivity contribution in [2.24, 2.45) is 11.7 Å². The number of hydrogen-bond donors (Lipinski definition) is 2. The molecular weight excluding hydrogens is 428 g/mol. The Hall–Kier alpha value is -3.15. The Labute approximate surface area is 203 Å². The van der Waals surface area contributed by atoms with Crippen molar-refractivity contribution >= 4 is 23.3 Å². The normalized spacial score (nSPS) is 12.4. The fourth-order valence-electron chi connectivity index (χ4n) is 4.20. The van der Waals surface area contributed by atoms with Crippen LogP contribution in [0.25, 0.3) is 0 Å². The van der Waals surface area contributed by atoms with Gasteiger partial charge in [0.1, 0.15) is 5.75 Å². The molecule has 0 aliphatic heterocycles. The van der Waals surface area contributed by atoms with Crippen molar-refractivity contribution in [1.82, 2.24) is 0 Å². The molecule has 0 heterocycles. The maximum atomic E-state index is 13.2. The zero-order valence-corrected chi connectivity index (χ0v) is 21.5. The summed E-state index contributed by atoms with van der Waals surface area (Å²) in [7, 11) is 1.58. The molecule has 2 aromatic carbocycles. The van der Waals surface area contributed by atoms with Gasteiger partial charge in [0, 0.05) is 29.7 Å². The van der Waals surface area contributed by atoms with Gasteiger partial charge in [-0.3, -0.25) is 14.4 Å². The number of nitrogens with one attached hydrogen (secondary N) is 1. The summed E-state index contributed by atoms with van der Waals surface area (Å²) in [6, 6.07) is 10.6. The number of ether oxygens (including phenoxy) is 1. The second kappa shape index (κ2) is 11.3. The first kappa shape index (κ1) is 27.1. The molecule has 0 aromatic heterocycles. The topological polar surface area (TPSA) is 98.5 Å². The molecule has 0 aliphatic rings.